The van der Waals surface area contributed by atoms with E-state index in [2.05, 4.69) is 20.3 Å². The van der Waals surface area contributed by atoms with Crippen molar-refractivity contribution in [1.29, 1.82) is 0 Å². The first-order valence-electron chi connectivity index (χ1n) is 6.20. The summed E-state index contributed by atoms with van der Waals surface area (Å²) in [6, 6.07) is 7.79. The van der Waals surface area contributed by atoms with Gasteiger partial charge >= 0.3 is 0 Å². The maximum atomic E-state index is 5.93. The van der Waals surface area contributed by atoms with Crippen LogP contribution in [0.25, 0.3) is 10.9 Å². The zero-order valence-electron chi connectivity index (χ0n) is 10.4. The van der Waals surface area contributed by atoms with Crippen LogP contribution in [0.1, 0.15) is 5.82 Å². The summed E-state index contributed by atoms with van der Waals surface area (Å²) in [5.41, 5.74) is 8.51. The molecule has 0 saturated carbocycles. The Balaban J connectivity index is 1.79. The van der Waals surface area contributed by atoms with Crippen LogP contribution in [-0.4, -0.2) is 21.5 Å². The van der Waals surface area contributed by atoms with E-state index in [4.69, 9.17) is 5.73 Å². The van der Waals surface area contributed by atoms with E-state index in [-0.39, 0.29) is 0 Å². The zero-order valence-corrected chi connectivity index (χ0v) is 10.4. The highest BCUT2D eigenvalue weighted by Gasteiger charge is 2.04. The smallest absolute Gasteiger partial charge is 0.107 e. The molecule has 0 aliphatic carbocycles. The summed E-state index contributed by atoms with van der Waals surface area (Å²) in [5, 5.41) is 4.44. The number of imidazole rings is 1. The van der Waals surface area contributed by atoms with Crippen LogP contribution < -0.4 is 11.1 Å². The Morgan fingerprint density at radius 1 is 1.16 bits per heavy atom. The average Bonchev–Trinajstić information content (AvgIpc) is 2.93. The largest absolute Gasteiger partial charge is 0.397 e. The fourth-order valence-corrected chi connectivity index (χ4v) is 2.10. The number of anilines is 2. The molecule has 0 spiro atoms. The maximum Gasteiger partial charge on any atom is 0.107 e. The number of hydrogen-bond donors (Lipinski definition) is 3. The van der Waals surface area contributed by atoms with Gasteiger partial charge in [-0.2, -0.15) is 0 Å². The molecule has 0 aliphatic rings. The van der Waals surface area contributed by atoms with Crippen LogP contribution in [0, 0.1) is 0 Å². The molecule has 0 saturated heterocycles. The molecule has 2 aromatic heterocycles. The summed E-state index contributed by atoms with van der Waals surface area (Å²) in [4.78, 5) is 11.6. The van der Waals surface area contributed by atoms with Crippen molar-refractivity contribution in [3.8, 4) is 0 Å². The Labute approximate surface area is 110 Å². The lowest BCUT2D eigenvalue weighted by atomic mass is 10.1. The fourth-order valence-electron chi connectivity index (χ4n) is 2.10. The molecular weight excluding hydrogens is 238 g/mol. The number of hydrogen-bond acceptors (Lipinski definition) is 4. The number of nitrogens with zero attached hydrogens (tertiary/aromatic N) is 2. The number of H-pyrrole nitrogens is 1. The van der Waals surface area contributed by atoms with Crippen LogP contribution in [0.5, 0.6) is 0 Å². The molecule has 5 nitrogen and oxygen atoms in total. The minimum absolute atomic E-state index is 0.701. The Morgan fingerprint density at radius 2 is 2.11 bits per heavy atom. The SMILES string of the molecule is Nc1cccc2c(NCCc3ncc[nH]3)ccnc12. The minimum atomic E-state index is 0.701. The molecule has 2 heterocycles. The first kappa shape index (κ1) is 11.5. The van der Waals surface area contributed by atoms with Crippen molar-refractivity contribution in [2.24, 2.45) is 0 Å². The van der Waals surface area contributed by atoms with Gasteiger partial charge in [-0.3, -0.25) is 4.98 Å². The van der Waals surface area contributed by atoms with Gasteiger partial charge in [0.05, 0.1) is 11.2 Å². The van der Waals surface area contributed by atoms with Gasteiger partial charge < -0.3 is 16.0 Å². The Kier molecular flexibility index (Phi) is 3.02. The molecule has 0 amide bonds. The molecule has 3 aromatic rings. The number of nitrogens with one attached hydrogen (secondary N) is 2. The third-order valence-electron chi connectivity index (χ3n) is 3.03. The molecule has 4 N–H and O–H groups in total. The summed E-state index contributed by atoms with van der Waals surface area (Å²) >= 11 is 0. The number of fused-ring (bicyclic) bond motifs is 1. The van der Waals surface area contributed by atoms with Gasteiger partial charge in [0, 0.05) is 42.6 Å². The molecule has 0 aliphatic heterocycles. The van der Waals surface area contributed by atoms with Crippen LogP contribution in [0.15, 0.2) is 42.9 Å². The molecule has 5 heteroatoms. The number of para-hydroxylation sites is 1. The average molecular weight is 253 g/mol. The first-order valence-corrected chi connectivity index (χ1v) is 6.20. The van der Waals surface area contributed by atoms with Gasteiger partial charge in [-0.05, 0) is 12.1 Å². The Hall–Kier alpha value is -2.56. The van der Waals surface area contributed by atoms with Crippen molar-refractivity contribution in [2.45, 2.75) is 6.42 Å². The zero-order chi connectivity index (χ0) is 13.1. The lowest BCUT2D eigenvalue weighted by Gasteiger charge is -2.09. The molecule has 1 aromatic carbocycles. The quantitative estimate of drug-likeness (QED) is 0.623. The van der Waals surface area contributed by atoms with E-state index in [1.807, 2.05) is 30.5 Å². The lowest BCUT2D eigenvalue weighted by molar-refractivity contribution is 0.928. The monoisotopic (exact) mass is 253 g/mol. The van der Waals surface area contributed by atoms with Gasteiger partial charge in [0.2, 0.25) is 0 Å². The topological polar surface area (TPSA) is 79.6 Å². The van der Waals surface area contributed by atoms with Crippen molar-refractivity contribution >= 4 is 22.3 Å². The molecule has 0 fully saturated rings. The van der Waals surface area contributed by atoms with Crippen molar-refractivity contribution in [3.05, 3.63) is 48.7 Å². The first-order chi connectivity index (χ1) is 9.34. The molecular formula is C14H15N5. The fraction of sp³-hybridized carbons (Fsp3) is 0.143. The second-order valence-corrected chi connectivity index (χ2v) is 4.31. The third-order valence-corrected chi connectivity index (χ3v) is 3.03. The van der Waals surface area contributed by atoms with Crippen LogP contribution >= 0.6 is 0 Å². The maximum absolute atomic E-state index is 5.93. The normalized spacial score (nSPS) is 10.7. The van der Waals surface area contributed by atoms with Gasteiger partial charge in [-0.1, -0.05) is 12.1 Å². The number of aromatic amines is 1. The predicted molar refractivity (Wildman–Crippen MR) is 76.9 cm³/mol. The highest BCUT2D eigenvalue weighted by Crippen LogP contribution is 2.25. The predicted octanol–water partition coefficient (Wildman–Crippen LogP) is 2.19. The van der Waals surface area contributed by atoms with Crippen molar-refractivity contribution in [2.75, 3.05) is 17.6 Å². The van der Waals surface area contributed by atoms with Crippen molar-refractivity contribution in [1.82, 2.24) is 15.0 Å². The van der Waals surface area contributed by atoms with E-state index in [1.54, 1.807) is 12.4 Å². The molecule has 0 bridgehead atoms. The van der Waals surface area contributed by atoms with E-state index in [9.17, 15) is 0 Å². The number of nitrogens with two attached hydrogens (primary N) is 1. The number of aromatic nitrogens is 3. The van der Waals surface area contributed by atoms with E-state index >= 15 is 0 Å². The number of pyridine rings is 1. The minimum Gasteiger partial charge on any atom is -0.397 e. The Morgan fingerprint density at radius 3 is 2.95 bits per heavy atom. The van der Waals surface area contributed by atoms with E-state index < -0.39 is 0 Å². The summed E-state index contributed by atoms with van der Waals surface area (Å²) in [5.74, 6) is 0.977. The second kappa shape index (κ2) is 4.97. The highest BCUT2D eigenvalue weighted by atomic mass is 14.9. The van der Waals surface area contributed by atoms with E-state index in [0.29, 0.717) is 5.69 Å². The lowest BCUT2D eigenvalue weighted by Crippen LogP contribution is -2.06. The number of rotatable bonds is 4. The molecule has 0 radical (unpaired) electrons. The summed E-state index contributed by atoms with van der Waals surface area (Å²) < 4.78 is 0. The van der Waals surface area contributed by atoms with Gasteiger partial charge in [-0.15, -0.1) is 0 Å². The molecule has 0 unspecified atom stereocenters. The number of nitrogen functional groups attached to an aromatic ring is 1. The number of benzene rings is 1. The standard InChI is InChI=1S/C14H15N5/c15-11-3-1-2-10-12(4-6-19-14(10)11)16-7-5-13-17-8-9-18-13/h1-4,6,8-9H,5,7,15H2,(H,16,19)(H,17,18). The van der Waals surface area contributed by atoms with Gasteiger partial charge in [0.25, 0.3) is 0 Å². The van der Waals surface area contributed by atoms with Gasteiger partial charge in [-0.25, -0.2) is 4.98 Å². The van der Waals surface area contributed by atoms with Crippen LogP contribution in [0.2, 0.25) is 0 Å². The summed E-state index contributed by atoms with van der Waals surface area (Å²) in [7, 11) is 0. The van der Waals surface area contributed by atoms with Crippen LogP contribution in [-0.2, 0) is 6.42 Å². The van der Waals surface area contributed by atoms with Crippen LogP contribution in [0.3, 0.4) is 0 Å². The molecule has 3 rings (SSSR count). The molecule has 0 atom stereocenters. The molecule has 19 heavy (non-hydrogen) atoms. The Bertz CT molecular complexity index is 675. The van der Waals surface area contributed by atoms with Crippen LogP contribution in [0.4, 0.5) is 11.4 Å². The summed E-state index contributed by atoms with van der Waals surface area (Å²) in [6.07, 6.45) is 6.21. The highest BCUT2D eigenvalue weighted by molar-refractivity contribution is 5.97. The van der Waals surface area contributed by atoms with Crippen molar-refractivity contribution < 1.29 is 0 Å². The summed E-state index contributed by atoms with van der Waals surface area (Å²) in [6.45, 7) is 0.807. The van der Waals surface area contributed by atoms with E-state index in [1.165, 1.54) is 0 Å². The van der Waals surface area contributed by atoms with Gasteiger partial charge in [0.1, 0.15) is 5.82 Å². The van der Waals surface area contributed by atoms with Gasteiger partial charge in [0.15, 0.2) is 0 Å². The van der Waals surface area contributed by atoms with Crippen molar-refractivity contribution in [3.63, 3.8) is 0 Å². The molecule has 96 valence electrons. The third kappa shape index (κ3) is 2.35. The second-order valence-electron chi connectivity index (χ2n) is 4.31. The van der Waals surface area contributed by atoms with E-state index in [0.717, 1.165) is 35.4 Å².